The Labute approximate surface area is 590 Å². The van der Waals surface area contributed by atoms with E-state index in [9.17, 15) is 28.8 Å². The Morgan fingerprint density at radius 2 is 1.34 bits per heavy atom. The van der Waals surface area contributed by atoms with E-state index in [0.717, 1.165) is 58.8 Å². The van der Waals surface area contributed by atoms with Gasteiger partial charge < -0.3 is 69.5 Å². The molecule has 1 aromatic carbocycles. The zero-order valence-electron chi connectivity index (χ0n) is 61.3. The predicted octanol–water partition coefficient (Wildman–Crippen LogP) is 3.00. The summed E-state index contributed by atoms with van der Waals surface area (Å²) >= 11 is 0. The number of hydrogen-bond acceptors (Lipinski definition) is 15. The van der Waals surface area contributed by atoms with E-state index in [0.29, 0.717) is 31.2 Å². The first-order valence-electron chi connectivity index (χ1n) is 35.7. The first-order chi connectivity index (χ1) is 47.4. The number of amides is 12. The van der Waals surface area contributed by atoms with Gasteiger partial charge in [0.2, 0.25) is 70.9 Å². The number of aryl methyl sites for hydroxylation is 1. The molecule has 0 radical (unpaired) electrons. The number of nitrogens with zero attached hydrogens (tertiary/aromatic N) is 9. The van der Waals surface area contributed by atoms with Gasteiger partial charge in [0.15, 0.2) is 0 Å². The van der Waals surface area contributed by atoms with Crippen LogP contribution < -0.4 is 16.0 Å². The summed E-state index contributed by atoms with van der Waals surface area (Å²) in [6.07, 6.45) is 8.59. The third-order valence-electron chi connectivity index (χ3n) is 21.0. The van der Waals surface area contributed by atoms with Gasteiger partial charge in [-0.2, -0.15) is 0 Å². The lowest BCUT2D eigenvalue weighted by Gasteiger charge is -2.46. The molecule has 2 heterocycles. The lowest BCUT2D eigenvalue weighted by Crippen LogP contribution is -2.68. The van der Waals surface area contributed by atoms with Crippen LogP contribution in [0.25, 0.3) is 0 Å². The fraction of sp³-hybridized carbons (Fsp3) is 0.685. The minimum absolute atomic E-state index is 0.0251. The molecule has 5 aliphatic rings. The van der Waals surface area contributed by atoms with Gasteiger partial charge in [0.25, 0.3) is 0 Å². The smallest absolute Gasteiger partial charge is 0.306 e. The molecule has 3 aliphatic carbocycles. The van der Waals surface area contributed by atoms with Crippen LogP contribution in [0.15, 0.2) is 49.6 Å². The van der Waals surface area contributed by atoms with Crippen molar-refractivity contribution < 1.29 is 71.8 Å². The fourth-order valence-corrected chi connectivity index (χ4v) is 14.5. The van der Waals surface area contributed by atoms with E-state index in [2.05, 4.69) is 29.1 Å². The SMILES string of the molecule is C=CCCN1C(=O)CN(C)C(=O)CN(C)C(=O)C([C@@H](C)CC)NC(=O)[C@H](CC2CCCC2)N(C)C(=O)C[C@@H](C(=O)N(C)C)N(C)C(=O)[C@H](C2CCCC2)N(C)C(=O)C2(CCC2)NC(=O)C2C[C@@H](OCC)CN2C(=O)[C@H](CCC(=O)OCC=C)NC(=O)CN(C)C(=O)[C@@H]1Cc1ccc(C)cc1. The summed E-state index contributed by atoms with van der Waals surface area (Å²) in [5, 5.41) is 8.70. The van der Waals surface area contributed by atoms with E-state index in [1.165, 1.54) is 91.9 Å². The molecule has 0 bridgehead atoms. The lowest BCUT2D eigenvalue weighted by molar-refractivity contribution is -0.158. The summed E-state index contributed by atoms with van der Waals surface area (Å²) in [6.45, 7) is 12.8. The average molecular weight is 1400 g/mol. The van der Waals surface area contributed by atoms with Crippen molar-refractivity contribution in [3.63, 3.8) is 0 Å². The molecule has 12 amide bonds. The molecule has 2 unspecified atom stereocenters. The normalized spacial score (nSPS) is 25.9. The molecule has 1 aromatic rings. The first-order valence-corrected chi connectivity index (χ1v) is 35.7. The Kier molecular flexibility index (Phi) is 30.2. The maximum atomic E-state index is 15.5. The van der Waals surface area contributed by atoms with Crippen molar-refractivity contribution >= 4 is 76.9 Å². The third kappa shape index (κ3) is 20.7. The standard InChI is InChI=1S/C73H112N12O15/c1-15-19-37-84-57(40-50-31-29-47(5)30-32-50)69(95)79(10)44-58(86)74-53(33-34-62(90)100-38-16-2)67(93)85-43-52(99-18-4)41-55(85)66(92)76-73(35-24-36-73)72(98)83(14)64(51-27-22-23-28-51)71(97)82(13)56(68(94)77(7)8)42-59(87)81(12)54(39-49-25-20-21-26-49)65(91)75-63(48(6)17-3)70(96)80(11)45-60(88)78(9)46-61(84)89/h15-16,29-32,48-49,51-57,63-64H,1-2,17-28,33-46H2,3-14H3,(H,74,86)(H,75,91)(H,76,92)/t48-,52+,53-,54-,55?,56-,57-,63?,64-/m0/s1. The average Bonchev–Trinajstić information content (AvgIpc) is 0.976. The highest BCUT2D eigenvalue weighted by atomic mass is 16.5. The second-order valence-electron chi connectivity index (χ2n) is 28.5. The second kappa shape index (κ2) is 37.4. The topological polar surface area (TPSA) is 306 Å². The quantitative estimate of drug-likeness (QED) is 0.141. The molecular weight excluding hydrogens is 1280 g/mol. The molecule has 2 aliphatic heterocycles. The van der Waals surface area contributed by atoms with Crippen LogP contribution in [0.2, 0.25) is 0 Å². The van der Waals surface area contributed by atoms with Gasteiger partial charge in [-0.15, -0.1) is 6.58 Å². The van der Waals surface area contributed by atoms with Gasteiger partial charge in [0.05, 0.1) is 32.2 Å². The Balaban J connectivity index is 1.46. The van der Waals surface area contributed by atoms with Crippen LogP contribution in [0.1, 0.15) is 147 Å². The molecule has 2 saturated heterocycles. The van der Waals surface area contributed by atoms with Crippen LogP contribution in [0, 0.1) is 24.7 Å². The van der Waals surface area contributed by atoms with Crippen LogP contribution in [0.5, 0.6) is 0 Å². The number of benzene rings is 1. The van der Waals surface area contributed by atoms with Crippen LogP contribution >= 0.6 is 0 Å². The number of esters is 1. The van der Waals surface area contributed by atoms with E-state index in [1.807, 2.05) is 38.1 Å². The molecule has 27 heteroatoms. The van der Waals surface area contributed by atoms with Crippen molar-refractivity contribution in [2.45, 2.75) is 204 Å². The van der Waals surface area contributed by atoms with E-state index in [4.69, 9.17) is 9.47 Å². The fourth-order valence-electron chi connectivity index (χ4n) is 14.5. The number of rotatable bonds is 18. The molecular formula is C73H112N12O15. The molecule has 100 heavy (non-hydrogen) atoms. The summed E-state index contributed by atoms with van der Waals surface area (Å²) in [4.78, 5) is 204. The predicted molar refractivity (Wildman–Crippen MR) is 374 cm³/mol. The number of ether oxygens (including phenoxy) is 2. The summed E-state index contributed by atoms with van der Waals surface area (Å²) in [5.74, 6) is -9.61. The molecule has 554 valence electrons. The van der Waals surface area contributed by atoms with E-state index >= 15 is 33.6 Å². The number of nitrogens with one attached hydrogen (secondary N) is 3. The van der Waals surface area contributed by atoms with Crippen LogP contribution in [0.3, 0.4) is 0 Å². The number of likely N-dealkylation sites (N-methyl/N-ethyl adjacent to an activating group) is 7. The Bertz CT molecular complexity index is 3110. The molecule has 1 spiro atoms. The minimum Gasteiger partial charge on any atom is -0.461 e. The van der Waals surface area contributed by atoms with E-state index < -0.39 is 169 Å². The number of carbonyl (C=O) groups excluding carboxylic acids is 13. The maximum absolute atomic E-state index is 15.5. The number of fused-ring (bicyclic) bond motifs is 1. The van der Waals surface area contributed by atoms with Gasteiger partial charge in [-0.1, -0.05) is 107 Å². The first kappa shape index (κ1) is 80.7. The molecule has 3 saturated carbocycles. The molecule has 9 atom stereocenters. The van der Waals surface area contributed by atoms with Gasteiger partial charge >= 0.3 is 5.97 Å². The van der Waals surface area contributed by atoms with Gasteiger partial charge in [0.1, 0.15) is 54.4 Å². The van der Waals surface area contributed by atoms with Crippen molar-refractivity contribution in [2.24, 2.45) is 17.8 Å². The van der Waals surface area contributed by atoms with Crippen molar-refractivity contribution in [1.29, 1.82) is 0 Å². The van der Waals surface area contributed by atoms with Gasteiger partial charge in [0, 0.05) is 95.3 Å². The maximum Gasteiger partial charge on any atom is 0.306 e. The molecule has 3 N–H and O–H groups in total. The van der Waals surface area contributed by atoms with Gasteiger partial charge in [-0.05, 0) is 88.5 Å². The zero-order valence-corrected chi connectivity index (χ0v) is 61.3. The largest absolute Gasteiger partial charge is 0.461 e. The number of carbonyl (C=O) groups is 13. The van der Waals surface area contributed by atoms with Crippen LogP contribution in [-0.4, -0.2) is 277 Å². The van der Waals surface area contributed by atoms with Gasteiger partial charge in [-0.3, -0.25) is 62.3 Å². The summed E-state index contributed by atoms with van der Waals surface area (Å²) in [7, 11) is 11.5. The second-order valence-corrected chi connectivity index (χ2v) is 28.5. The minimum atomic E-state index is -1.56. The Morgan fingerprint density at radius 3 is 1.93 bits per heavy atom. The highest BCUT2D eigenvalue weighted by Gasteiger charge is 2.54. The van der Waals surface area contributed by atoms with E-state index in [1.54, 1.807) is 19.9 Å². The monoisotopic (exact) mass is 1400 g/mol. The summed E-state index contributed by atoms with van der Waals surface area (Å²) in [6, 6.07) is -1.70. The highest BCUT2D eigenvalue weighted by molar-refractivity contribution is 6.01. The number of hydrogen-bond donors (Lipinski definition) is 3. The van der Waals surface area contributed by atoms with Crippen molar-refractivity contribution in [3.05, 3.63) is 60.7 Å². The highest BCUT2D eigenvalue weighted by Crippen LogP contribution is 2.39. The summed E-state index contributed by atoms with van der Waals surface area (Å²) in [5.41, 5.74) is 0.0249. The summed E-state index contributed by atoms with van der Waals surface area (Å²) < 4.78 is 11.3. The molecule has 6 rings (SSSR count). The Hall–Kier alpha value is -8.23. The van der Waals surface area contributed by atoms with Crippen LogP contribution in [-0.2, 0) is 78.2 Å². The van der Waals surface area contributed by atoms with Crippen molar-refractivity contribution in [1.82, 2.24) is 60.0 Å². The Morgan fingerprint density at radius 1 is 0.710 bits per heavy atom. The molecule has 5 fully saturated rings. The third-order valence-corrected chi connectivity index (χ3v) is 21.0. The zero-order chi connectivity index (χ0) is 73.9. The van der Waals surface area contributed by atoms with Crippen molar-refractivity contribution in [3.8, 4) is 0 Å². The van der Waals surface area contributed by atoms with Crippen molar-refractivity contribution in [2.75, 3.05) is 102 Å². The molecule has 0 aromatic heterocycles. The van der Waals surface area contributed by atoms with Gasteiger partial charge in [-0.25, -0.2) is 0 Å². The molecule has 27 nitrogen and oxygen atoms in total. The van der Waals surface area contributed by atoms with Crippen LogP contribution in [0.4, 0.5) is 0 Å². The van der Waals surface area contributed by atoms with E-state index in [-0.39, 0.29) is 83.6 Å². The lowest BCUT2D eigenvalue weighted by atomic mass is 9.74.